The third kappa shape index (κ3) is 6.49. The Hall–Kier alpha value is -8.40. The van der Waals surface area contributed by atoms with E-state index in [1.165, 1.54) is 103 Å². The molecule has 1 saturated carbocycles. The zero-order valence-corrected chi connectivity index (χ0v) is 45.0. The van der Waals surface area contributed by atoms with Crippen molar-refractivity contribution in [2.75, 3.05) is 0 Å². The van der Waals surface area contributed by atoms with Crippen LogP contribution in [0.5, 0.6) is 0 Å². The Morgan fingerprint density at radius 3 is 1.54 bits per heavy atom. The van der Waals surface area contributed by atoms with E-state index < -0.39 is 17.1 Å². The van der Waals surface area contributed by atoms with Gasteiger partial charge in [0.15, 0.2) is 0 Å². The quantitative estimate of drug-likeness (QED) is 0.167. The van der Waals surface area contributed by atoms with E-state index in [9.17, 15) is 10.2 Å². The normalized spacial score (nSPS) is 21.1. The molecule has 0 aromatic heterocycles. The Kier molecular flexibility index (Phi) is 10.9. The van der Waals surface area contributed by atoms with Gasteiger partial charge in [0.05, 0.1) is 11.5 Å². The molecule has 2 nitrogen and oxygen atoms in total. The van der Waals surface area contributed by atoms with Gasteiger partial charge in [0.25, 0.3) is 0 Å². The Labute approximate surface area is 469 Å². The SMILES string of the molecule is OC1CCCc2c1c(C1c3ccccc3C(O)(c3ccc4c(c3)C(c3ccccc3)(C3CCCCC3)c3ccccc3-4)c3ccccc31)c1ccccc1c2-c1ccc2c(c1)C(c1ccccc1)(c1ccccc1)c1ccccc1-2. The van der Waals surface area contributed by atoms with Crippen molar-refractivity contribution in [2.24, 2.45) is 5.92 Å². The summed E-state index contributed by atoms with van der Waals surface area (Å²) in [6.45, 7) is 0. The third-order valence-electron chi connectivity index (χ3n) is 20.0. The average Bonchev–Trinajstić information content (AvgIpc) is 4.21. The molecule has 0 heterocycles. The highest BCUT2D eigenvalue weighted by atomic mass is 16.3. The Balaban J connectivity index is 0.917. The van der Waals surface area contributed by atoms with Crippen LogP contribution in [-0.4, -0.2) is 10.2 Å². The summed E-state index contributed by atoms with van der Waals surface area (Å²) < 4.78 is 0. The molecule has 2 atom stereocenters. The number of fused-ring (bicyclic) bond motifs is 10. The second-order valence-electron chi connectivity index (χ2n) is 23.6. The first kappa shape index (κ1) is 47.6. The summed E-state index contributed by atoms with van der Waals surface area (Å²) in [7, 11) is 0. The van der Waals surface area contributed by atoms with E-state index in [0.717, 1.165) is 70.0 Å². The van der Waals surface area contributed by atoms with Gasteiger partial charge < -0.3 is 10.2 Å². The van der Waals surface area contributed by atoms with E-state index >= 15 is 0 Å². The molecule has 11 aromatic rings. The highest BCUT2D eigenvalue weighted by molar-refractivity contribution is 6.03. The van der Waals surface area contributed by atoms with Crippen LogP contribution in [-0.2, 0) is 22.9 Å². The highest BCUT2D eigenvalue weighted by Crippen LogP contribution is 2.63. The van der Waals surface area contributed by atoms with Gasteiger partial charge in [-0.05, 0) is 172 Å². The van der Waals surface area contributed by atoms with Crippen LogP contribution in [0.4, 0.5) is 0 Å². The molecule has 2 heteroatoms. The predicted molar refractivity (Wildman–Crippen MR) is 325 cm³/mol. The lowest BCUT2D eigenvalue weighted by molar-refractivity contribution is 0.120. The summed E-state index contributed by atoms with van der Waals surface area (Å²) in [6.07, 6.45) is 7.79. The minimum Gasteiger partial charge on any atom is -0.388 e. The molecule has 0 amide bonds. The topological polar surface area (TPSA) is 40.5 Å². The predicted octanol–water partition coefficient (Wildman–Crippen LogP) is 17.9. The van der Waals surface area contributed by atoms with Gasteiger partial charge in [0, 0.05) is 11.3 Å². The maximum absolute atomic E-state index is 14.4. The van der Waals surface area contributed by atoms with Crippen LogP contribution in [0.2, 0.25) is 0 Å². The van der Waals surface area contributed by atoms with Crippen LogP contribution in [0.1, 0.15) is 140 Å². The maximum atomic E-state index is 14.4. The summed E-state index contributed by atoms with van der Waals surface area (Å²) >= 11 is 0. The fourth-order valence-corrected chi connectivity index (χ4v) is 16.9. The van der Waals surface area contributed by atoms with Crippen molar-refractivity contribution < 1.29 is 10.2 Å². The summed E-state index contributed by atoms with van der Waals surface area (Å²) in [5.41, 5.74) is 22.4. The molecule has 2 N–H and O–H groups in total. The lowest BCUT2D eigenvalue weighted by Crippen LogP contribution is -2.39. The summed E-state index contributed by atoms with van der Waals surface area (Å²) in [4.78, 5) is 0. The van der Waals surface area contributed by atoms with Gasteiger partial charge in [0.1, 0.15) is 5.60 Å². The van der Waals surface area contributed by atoms with Crippen LogP contribution in [0.3, 0.4) is 0 Å². The molecular weight excluding hydrogens is 969 g/mol. The molecule has 2 unspecified atom stereocenters. The first-order chi connectivity index (χ1) is 39.5. The van der Waals surface area contributed by atoms with Crippen LogP contribution in [0, 0.1) is 5.92 Å². The first-order valence-electron chi connectivity index (χ1n) is 29.3. The first-order valence-corrected chi connectivity index (χ1v) is 29.3. The Bertz CT molecular complexity index is 4160. The molecule has 0 spiro atoms. The molecule has 0 bridgehead atoms. The van der Waals surface area contributed by atoms with Crippen LogP contribution in [0.25, 0.3) is 44.2 Å². The van der Waals surface area contributed by atoms with Crippen LogP contribution < -0.4 is 0 Å². The smallest absolute Gasteiger partial charge is 0.141 e. The largest absolute Gasteiger partial charge is 0.388 e. The fourth-order valence-electron chi connectivity index (χ4n) is 16.9. The summed E-state index contributed by atoms with van der Waals surface area (Å²) in [5.74, 6) is 0.143. The standard InChI is InChI=1S/C78H62O2/c79-71-43-23-38-64-72(50-44-46-58-56-32-15-19-39-65(56)76(69(58)48-50,51-24-5-1-6-25-51)52-26-7-2-8-27-52)60-34-13-14-35-61(60)75(74(64)71)73-62-36-17-21-41-67(62)78(80,68-42-22-18-37-63(68)73)55-45-47-59-57-33-16-20-40-66(57)77(70(59)49-55,53-28-9-3-10-29-53)54-30-11-4-12-31-54/h1-3,5-10,13-22,24-29,32-37,39-42,44-49,54,71,73,79-80H,4,11-12,23,30-31,38,43H2. The molecular formula is C78H62O2. The third-order valence-corrected chi connectivity index (χ3v) is 20.0. The molecule has 80 heavy (non-hydrogen) atoms. The molecule has 386 valence electrons. The minimum absolute atomic E-state index is 0.272. The van der Waals surface area contributed by atoms with E-state index in [1.54, 1.807) is 0 Å². The van der Waals surface area contributed by atoms with Crippen molar-refractivity contribution in [2.45, 2.75) is 79.8 Å². The summed E-state index contributed by atoms with van der Waals surface area (Å²) in [6, 6.07) is 92.1. The van der Waals surface area contributed by atoms with Gasteiger partial charge >= 0.3 is 0 Å². The van der Waals surface area contributed by atoms with Crippen molar-refractivity contribution in [1.29, 1.82) is 0 Å². The zero-order chi connectivity index (χ0) is 53.2. The van der Waals surface area contributed by atoms with Gasteiger partial charge in [-0.25, -0.2) is 0 Å². The zero-order valence-electron chi connectivity index (χ0n) is 45.0. The molecule has 0 radical (unpaired) electrons. The lowest BCUT2D eigenvalue weighted by atomic mass is 9.59. The number of hydrogen-bond donors (Lipinski definition) is 2. The van der Waals surface area contributed by atoms with E-state index in [1.807, 2.05) is 0 Å². The molecule has 11 aromatic carbocycles. The van der Waals surface area contributed by atoms with Crippen molar-refractivity contribution in [3.63, 3.8) is 0 Å². The van der Waals surface area contributed by atoms with E-state index in [0.29, 0.717) is 12.3 Å². The molecule has 16 rings (SSSR count). The number of aliphatic hydroxyl groups is 2. The molecule has 1 fully saturated rings. The minimum atomic E-state index is -1.48. The number of rotatable bonds is 7. The van der Waals surface area contributed by atoms with Crippen molar-refractivity contribution in [3.8, 4) is 33.4 Å². The average molecular weight is 1030 g/mol. The molecule has 0 aliphatic heterocycles. The number of aliphatic hydroxyl groups excluding tert-OH is 1. The van der Waals surface area contributed by atoms with Crippen molar-refractivity contribution >= 4 is 10.8 Å². The van der Waals surface area contributed by atoms with E-state index in [4.69, 9.17) is 0 Å². The van der Waals surface area contributed by atoms with Crippen LogP contribution >= 0.6 is 0 Å². The highest BCUT2D eigenvalue weighted by Gasteiger charge is 2.53. The Morgan fingerprint density at radius 1 is 0.362 bits per heavy atom. The van der Waals surface area contributed by atoms with Crippen molar-refractivity contribution in [1.82, 2.24) is 0 Å². The molecule has 0 saturated heterocycles. The van der Waals surface area contributed by atoms with E-state index in [2.05, 4.69) is 249 Å². The van der Waals surface area contributed by atoms with Gasteiger partial charge in [-0.15, -0.1) is 0 Å². The number of benzene rings is 11. The molecule has 5 aliphatic rings. The van der Waals surface area contributed by atoms with Crippen LogP contribution in [0.15, 0.2) is 249 Å². The van der Waals surface area contributed by atoms with Gasteiger partial charge in [-0.2, -0.15) is 0 Å². The second kappa shape index (κ2) is 18.3. The second-order valence-corrected chi connectivity index (χ2v) is 23.6. The van der Waals surface area contributed by atoms with Gasteiger partial charge in [0.2, 0.25) is 0 Å². The maximum Gasteiger partial charge on any atom is 0.141 e. The Morgan fingerprint density at radius 2 is 0.875 bits per heavy atom. The molecule has 5 aliphatic carbocycles. The fraction of sp³-hybridized carbons (Fsp3) is 0.179. The van der Waals surface area contributed by atoms with Gasteiger partial charge in [-0.3, -0.25) is 0 Å². The lowest BCUT2D eigenvalue weighted by Gasteiger charge is -2.44. The van der Waals surface area contributed by atoms with Gasteiger partial charge in [-0.1, -0.05) is 262 Å². The summed E-state index contributed by atoms with van der Waals surface area (Å²) in [5, 5.41) is 29.6. The van der Waals surface area contributed by atoms with Crippen molar-refractivity contribution in [3.05, 3.63) is 332 Å². The number of hydrogen-bond acceptors (Lipinski definition) is 2. The van der Waals surface area contributed by atoms with E-state index in [-0.39, 0.29) is 11.3 Å². The monoisotopic (exact) mass is 1030 g/mol.